The zero-order chi connectivity index (χ0) is 8.15. The molecule has 0 radical (unpaired) electrons. The summed E-state index contributed by atoms with van der Waals surface area (Å²) in [6.07, 6.45) is -0.250. The summed E-state index contributed by atoms with van der Waals surface area (Å²) < 4.78 is 0. The van der Waals surface area contributed by atoms with Crippen LogP contribution in [0.5, 0.6) is 0 Å². The van der Waals surface area contributed by atoms with Crippen LogP contribution in [0.2, 0.25) is 0 Å². The van der Waals surface area contributed by atoms with E-state index >= 15 is 0 Å². The molecule has 0 spiro atoms. The smallest absolute Gasteiger partial charge is 0.0667 e. The molecule has 10 heavy (non-hydrogen) atoms. The number of nitrogens with one attached hydrogen (secondary N) is 1. The van der Waals surface area contributed by atoms with Gasteiger partial charge < -0.3 is 10.4 Å². The topological polar surface area (TPSA) is 32.3 Å². The van der Waals surface area contributed by atoms with Crippen molar-refractivity contribution in [3.8, 4) is 0 Å². The number of hydrogen-bond donors (Lipinski definition) is 2. The number of likely N-dealkylation sites (N-methyl/N-ethyl adjacent to an activating group) is 1. The van der Waals surface area contributed by atoms with Gasteiger partial charge in [-0.15, -0.1) is 0 Å². The fourth-order valence-electron chi connectivity index (χ4n) is 1.20. The highest BCUT2D eigenvalue weighted by molar-refractivity contribution is 4.74. The van der Waals surface area contributed by atoms with E-state index in [9.17, 15) is 5.11 Å². The summed E-state index contributed by atoms with van der Waals surface area (Å²) in [5.74, 6) is 0.500. The minimum Gasteiger partial charge on any atom is -0.392 e. The molecule has 0 amide bonds. The molecule has 0 aromatic rings. The van der Waals surface area contributed by atoms with Crippen LogP contribution in [0.1, 0.15) is 27.7 Å². The van der Waals surface area contributed by atoms with E-state index in [1.165, 1.54) is 0 Å². The fraction of sp³-hybridized carbons (Fsp3) is 1.00. The number of aliphatic hydroxyl groups is 1. The molecule has 0 aliphatic rings. The van der Waals surface area contributed by atoms with Crippen molar-refractivity contribution in [3.63, 3.8) is 0 Å². The summed E-state index contributed by atoms with van der Waals surface area (Å²) in [7, 11) is 0. The Kier molecular flexibility index (Phi) is 4.65. The number of hydrogen-bond acceptors (Lipinski definition) is 2. The third kappa shape index (κ3) is 3.18. The fourth-order valence-corrected chi connectivity index (χ4v) is 1.20. The van der Waals surface area contributed by atoms with Crippen LogP contribution >= 0.6 is 0 Å². The van der Waals surface area contributed by atoms with Gasteiger partial charge in [-0.1, -0.05) is 20.8 Å². The molecular formula is C8H19NO. The maximum Gasteiger partial charge on any atom is 0.0667 e. The van der Waals surface area contributed by atoms with Crippen LogP contribution in [0.15, 0.2) is 0 Å². The lowest BCUT2D eigenvalue weighted by molar-refractivity contribution is 0.122. The number of aliphatic hydroxyl groups excluding tert-OH is 1. The van der Waals surface area contributed by atoms with Crippen molar-refractivity contribution in [2.24, 2.45) is 5.92 Å². The highest BCUT2D eigenvalue weighted by Crippen LogP contribution is 2.05. The minimum absolute atomic E-state index is 0.241. The molecule has 0 bridgehead atoms. The van der Waals surface area contributed by atoms with E-state index in [4.69, 9.17) is 0 Å². The van der Waals surface area contributed by atoms with Gasteiger partial charge in [0, 0.05) is 6.04 Å². The van der Waals surface area contributed by atoms with E-state index in [0.29, 0.717) is 5.92 Å². The van der Waals surface area contributed by atoms with Crippen LogP contribution in [0.3, 0.4) is 0 Å². The second kappa shape index (κ2) is 4.69. The zero-order valence-electron chi connectivity index (χ0n) is 7.39. The van der Waals surface area contributed by atoms with Crippen molar-refractivity contribution in [2.45, 2.75) is 39.8 Å². The Bertz CT molecular complexity index is 73.3. The van der Waals surface area contributed by atoms with Gasteiger partial charge in [0.25, 0.3) is 0 Å². The zero-order valence-corrected chi connectivity index (χ0v) is 7.39. The minimum atomic E-state index is -0.250. The normalized spacial score (nSPS) is 17.4. The van der Waals surface area contributed by atoms with Crippen LogP contribution in [-0.2, 0) is 0 Å². The van der Waals surface area contributed by atoms with Crippen molar-refractivity contribution in [2.75, 3.05) is 6.54 Å². The van der Waals surface area contributed by atoms with Crippen LogP contribution < -0.4 is 5.32 Å². The largest absolute Gasteiger partial charge is 0.392 e. The average molecular weight is 145 g/mol. The standard InChI is InChI=1S/C8H19NO/c1-5-9-8(6(2)3)7(4)10/h6-10H,5H2,1-4H3. The first-order valence-electron chi connectivity index (χ1n) is 4.01. The predicted octanol–water partition coefficient (Wildman–Crippen LogP) is 1.00. The summed E-state index contributed by atoms with van der Waals surface area (Å²) >= 11 is 0. The monoisotopic (exact) mass is 145 g/mol. The van der Waals surface area contributed by atoms with E-state index in [0.717, 1.165) is 6.54 Å². The van der Waals surface area contributed by atoms with E-state index < -0.39 is 0 Å². The van der Waals surface area contributed by atoms with Gasteiger partial charge in [0.2, 0.25) is 0 Å². The molecule has 2 N–H and O–H groups in total. The van der Waals surface area contributed by atoms with E-state index in [2.05, 4.69) is 26.1 Å². The Morgan fingerprint density at radius 2 is 1.80 bits per heavy atom. The van der Waals surface area contributed by atoms with Crippen LogP contribution in [-0.4, -0.2) is 23.8 Å². The van der Waals surface area contributed by atoms with Crippen molar-refractivity contribution in [1.29, 1.82) is 0 Å². The summed E-state index contributed by atoms with van der Waals surface area (Å²) in [6, 6.07) is 0.241. The highest BCUT2D eigenvalue weighted by atomic mass is 16.3. The van der Waals surface area contributed by atoms with Gasteiger partial charge in [0.05, 0.1) is 6.10 Å². The van der Waals surface area contributed by atoms with Crippen molar-refractivity contribution >= 4 is 0 Å². The van der Waals surface area contributed by atoms with Gasteiger partial charge >= 0.3 is 0 Å². The third-order valence-corrected chi connectivity index (χ3v) is 1.68. The third-order valence-electron chi connectivity index (χ3n) is 1.68. The van der Waals surface area contributed by atoms with Crippen molar-refractivity contribution in [1.82, 2.24) is 5.32 Å². The van der Waals surface area contributed by atoms with Gasteiger partial charge in [-0.3, -0.25) is 0 Å². The Hall–Kier alpha value is -0.0800. The predicted molar refractivity (Wildman–Crippen MR) is 44.0 cm³/mol. The maximum atomic E-state index is 9.25. The second-order valence-electron chi connectivity index (χ2n) is 3.07. The Morgan fingerprint density at radius 1 is 1.30 bits per heavy atom. The lowest BCUT2D eigenvalue weighted by atomic mass is 10.00. The molecule has 0 fully saturated rings. The highest BCUT2D eigenvalue weighted by Gasteiger charge is 2.16. The quantitative estimate of drug-likeness (QED) is 0.618. The molecule has 0 aromatic carbocycles. The van der Waals surface area contributed by atoms with E-state index in [1.807, 2.05) is 6.92 Å². The first-order chi connectivity index (χ1) is 4.59. The van der Waals surface area contributed by atoms with E-state index in [-0.39, 0.29) is 12.1 Å². The molecule has 0 rings (SSSR count). The first-order valence-corrected chi connectivity index (χ1v) is 4.01. The lowest BCUT2D eigenvalue weighted by Gasteiger charge is -2.24. The first kappa shape index (κ1) is 9.92. The van der Waals surface area contributed by atoms with Crippen LogP contribution in [0.25, 0.3) is 0 Å². The Morgan fingerprint density at radius 3 is 1.90 bits per heavy atom. The van der Waals surface area contributed by atoms with Gasteiger partial charge in [-0.05, 0) is 19.4 Å². The van der Waals surface area contributed by atoms with Crippen LogP contribution in [0, 0.1) is 5.92 Å². The van der Waals surface area contributed by atoms with Gasteiger partial charge in [-0.2, -0.15) is 0 Å². The molecule has 2 nitrogen and oxygen atoms in total. The SMILES string of the molecule is CCNC(C(C)C)C(C)O. The Labute approximate surface area is 63.6 Å². The van der Waals surface area contributed by atoms with Gasteiger partial charge in [0.1, 0.15) is 0 Å². The van der Waals surface area contributed by atoms with Crippen LogP contribution in [0.4, 0.5) is 0 Å². The molecule has 0 saturated carbocycles. The molecule has 0 aliphatic heterocycles. The molecule has 62 valence electrons. The van der Waals surface area contributed by atoms with Crippen molar-refractivity contribution in [3.05, 3.63) is 0 Å². The van der Waals surface area contributed by atoms with Gasteiger partial charge in [-0.25, -0.2) is 0 Å². The van der Waals surface area contributed by atoms with Crippen molar-refractivity contribution < 1.29 is 5.11 Å². The molecule has 2 atom stereocenters. The molecular weight excluding hydrogens is 126 g/mol. The summed E-state index contributed by atoms with van der Waals surface area (Å²) in [5.41, 5.74) is 0. The Balaban J connectivity index is 3.73. The molecule has 2 heteroatoms. The lowest BCUT2D eigenvalue weighted by Crippen LogP contribution is -2.42. The molecule has 0 saturated heterocycles. The van der Waals surface area contributed by atoms with Gasteiger partial charge in [0.15, 0.2) is 0 Å². The number of rotatable bonds is 4. The van der Waals surface area contributed by atoms with E-state index in [1.54, 1.807) is 0 Å². The maximum absolute atomic E-state index is 9.25. The molecule has 0 aliphatic carbocycles. The second-order valence-corrected chi connectivity index (χ2v) is 3.07. The average Bonchev–Trinajstić information content (AvgIpc) is 1.81. The molecule has 0 aromatic heterocycles. The summed E-state index contributed by atoms with van der Waals surface area (Å²) in [4.78, 5) is 0. The summed E-state index contributed by atoms with van der Waals surface area (Å²) in [5, 5.41) is 12.5. The molecule has 0 heterocycles. The summed E-state index contributed by atoms with van der Waals surface area (Å²) in [6.45, 7) is 9.03. The molecule has 2 unspecified atom stereocenters.